The zero-order valence-electron chi connectivity index (χ0n) is 14.3. The molecule has 0 saturated heterocycles. The SMILES string of the molecule is CC(C)CO[C@H](C)C(=O)N(C)Cc1cnn(-c2ccccc2)c1. The van der Waals surface area contributed by atoms with Crippen LogP contribution in [0.25, 0.3) is 5.69 Å². The molecular weight excluding hydrogens is 290 g/mol. The van der Waals surface area contributed by atoms with Gasteiger partial charge in [0.1, 0.15) is 6.10 Å². The number of ether oxygens (including phenoxy) is 1. The lowest BCUT2D eigenvalue weighted by molar-refractivity contribution is -0.142. The molecule has 23 heavy (non-hydrogen) atoms. The molecule has 0 fully saturated rings. The number of carbonyl (C=O) groups excluding carboxylic acids is 1. The van der Waals surface area contributed by atoms with Crippen molar-refractivity contribution in [1.29, 1.82) is 0 Å². The van der Waals surface area contributed by atoms with E-state index in [4.69, 9.17) is 4.74 Å². The average Bonchev–Trinajstić information content (AvgIpc) is 3.01. The van der Waals surface area contributed by atoms with Gasteiger partial charge in [0, 0.05) is 32.0 Å². The van der Waals surface area contributed by atoms with Crippen LogP contribution in [-0.4, -0.2) is 40.3 Å². The highest BCUT2D eigenvalue weighted by atomic mass is 16.5. The molecule has 0 radical (unpaired) electrons. The van der Waals surface area contributed by atoms with Gasteiger partial charge in [-0.2, -0.15) is 5.10 Å². The lowest BCUT2D eigenvalue weighted by Gasteiger charge is -2.21. The molecule has 1 atom stereocenters. The minimum absolute atomic E-state index is 0.0156. The molecular formula is C18H25N3O2. The molecule has 0 saturated carbocycles. The zero-order chi connectivity index (χ0) is 16.8. The van der Waals surface area contributed by atoms with Crippen molar-refractivity contribution in [3.63, 3.8) is 0 Å². The van der Waals surface area contributed by atoms with Gasteiger partial charge in [0.25, 0.3) is 5.91 Å². The van der Waals surface area contributed by atoms with E-state index in [2.05, 4.69) is 18.9 Å². The highest BCUT2D eigenvalue weighted by molar-refractivity contribution is 5.80. The van der Waals surface area contributed by atoms with Crippen molar-refractivity contribution in [2.24, 2.45) is 5.92 Å². The first-order valence-corrected chi connectivity index (χ1v) is 7.93. The van der Waals surface area contributed by atoms with Gasteiger partial charge < -0.3 is 9.64 Å². The Bertz CT molecular complexity index is 622. The molecule has 0 bridgehead atoms. The van der Waals surface area contributed by atoms with Crippen molar-refractivity contribution in [2.75, 3.05) is 13.7 Å². The summed E-state index contributed by atoms with van der Waals surface area (Å²) in [7, 11) is 1.79. The number of aromatic nitrogens is 2. The number of para-hydroxylation sites is 1. The molecule has 1 heterocycles. The van der Waals surface area contributed by atoms with Crippen LogP contribution in [0.4, 0.5) is 0 Å². The number of hydrogen-bond acceptors (Lipinski definition) is 3. The molecule has 0 unspecified atom stereocenters. The van der Waals surface area contributed by atoms with Gasteiger partial charge in [0.2, 0.25) is 0 Å². The van der Waals surface area contributed by atoms with Gasteiger partial charge in [-0.25, -0.2) is 4.68 Å². The number of nitrogens with zero attached hydrogens (tertiary/aromatic N) is 3. The maximum atomic E-state index is 12.3. The molecule has 124 valence electrons. The average molecular weight is 315 g/mol. The van der Waals surface area contributed by atoms with Crippen LogP contribution >= 0.6 is 0 Å². The van der Waals surface area contributed by atoms with Crippen LogP contribution in [0.3, 0.4) is 0 Å². The van der Waals surface area contributed by atoms with Crippen molar-refractivity contribution in [2.45, 2.75) is 33.4 Å². The summed E-state index contributed by atoms with van der Waals surface area (Å²) in [5.41, 5.74) is 1.99. The molecule has 1 amide bonds. The second-order valence-electron chi connectivity index (χ2n) is 6.19. The Morgan fingerprint density at radius 3 is 2.61 bits per heavy atom. The van der Waals surface area contributed by atoms with E-state index in [0.29, 0.717) is 19.1 Å². The summed E-state index contributed by atoms with van der Waals surface area (Å²) in [4.78, 5) is 14.0. The minimum atomic E-state index is -0.424. The number of likely N-dealkylation sites (N-methyl/N-ethyl adjacent to an activating group) is 1. The standard InChI is InChI=1S/C18H25N3O2/c1-14(2)13-23-15(3)18(22)20(4)11-16-10-19-21(12-16)17-8-6-5-7-9-17/h5-10,12,14-15H,11,13H2,1-4H3/t15-/m1/s1. The van der Waals surface area contributed by atoms with E-state index in [9.17, 15) is 4.79 Å². The number of amides is 1. The van der Waals surface area contributed by atoms with Crippen molar-refractivity contribution >= 4 is 5.91 Å². The molecule has 0 aliphatic rings. The third-order valence-electron chi connectivity index (χ3n) is 3.48. The Labute approximate surface area is 137 Å². The van der Waals surface area contributed by atoms with Crippen LogP contribution in [0.5, 0.6) is 0 Å². The quantitative estimate of drug-likeness (QED) is 0.789. The van der Waals surface area contributed by atoms with Gasteiger partial charge >= 0.3 is 0 Å². The third-order valence-corrected chi connectivity index (χ3v) is 3.48. The lowest BCUT2D eigenvalue weighted by atomic mass is 10.2. The molecule has 2 rings (SSSR count). The largest absolute Gasteiger partial charge is 0.368 e. The van der Waals surface area contributed by atoms with Crippen molar-refractivity contribution < 1.29 is 9.53 Å². The van der Waals surface area contributed by atoms with Crippen molar-refractivity contribution in [3.05, 3.63) is 48.3 Å². The summed E-state index contributed by atoms with van der Waals surface area (Å²) in [5.74, 6) is 0.401. The summed E-state index contributed by atoms with van der Waals surface area (Å²) in [6, 6.07) is 9.90. The molecule has 0 spiro atoms. The van der Waals surface area contributed by atoms with E-state index in [1.807, 2.05) is 41.2 Å². The van der Waals surface area contributed by atoms with Gasteiger partial charge in [-0.3, -0.25) is 4.79 Å². The Balaban J connectivity index is 1.94. The van der Waals surface area contributed by atoms with Crippen molar-refractivity contribution in [3.8, 4) is 5.69 Å². The molecule has 0 aliphatic heterocycles. The number of benzene rings is 1. The second kappa shape index (κ2) is 7.92. The van der Waals surface area contributed by atoms with Crippen LogP contribution < -0.4 is 0 Å². The predicted octanol–water partition coefficient (Wildman–Crippen LogP) is 2.89. The van der Waals surface area contributed by atoms with E-state index < -0.39 is 6.10 Å². The monoisotopic (exact) mass is 315 g/mol. The molecule has 1 aromatic heterocycles. The molecule has 0 N–H and O–H groups in total. The van der Waals surface area contributed by atoms with Crippen LogP contribution in [-0.2, 0) is 16.1 Å². The van der Waals surface area contributed by atoms with Crippen LogP contribution in [0.1, 0.15) is 26.3 Å². The first-order valence-electron chi connectivity index (χ1n) is 7.93. The van der Waals surface area contributed by atoms with E-state index in [1.54, 1.807) is 25.1 Å². The summed E-state index contributed by atoms with van der Waals surface area (Å²) >= 11 is 0. The highest BCUT2D eigenvalue weighted by Gasteiger charge is 2.19. The van der Waals surface area contributed by atoms with E-state index >= 15 is 0 Å². The normalized spacial score (nSPS) is 12.4. The maximum absolute atomic E-state index is 12.3. The third kappa shape index (κ3) is 4.93. The Morgan fingerprint density at radius 2 is 1.96 bits per heavy atom. The Hall–Kier alpha value is -2.14. The lowest BCUT2D eigenvalue weighted by Crippen LogP contribution is -2.36. The smallest absolute Gasteiger partial charge is 0.251 e. The van der Waals surface area contributed by atoms with Gasteiger partial charge in [0.15, 0.2) is 0 Å². The van der Waals surface area contributed by atoms with Crippen LogP contribution in [0.2, 0.25) is 0 Å². The fourth-order valence-corrected chi connectivity index (χ4v) is 2.23. The van der Waals surface area contributed by atoms with Gasteiger partial charge in [-0.1, -0.05) is 32.0 Å². The summed E-state index contributed by atoms with van der Waals surface area (Å²) in [6.45, 7) is 7.04. The topological polar surface area (TPSA) is 47.4 Å². The van der Waals surface area contributed by atoms with Crippen molar-refractivity contribution in [1.82, 2.24) is 14.7 Å². The number of hydrogen-bond donors (Lipinski definition) is 0. The Kier molecular flexibility index (Phi) is 5.93. The fraction of sp³-hybridized carbons (Fsp3) is 0.444. The predicted molar refractivity (Wildman–Crippen MR) is 90.3 cm³/mol. The summed E-state index contributed by atoms with van der Waals surface area (Å²) in [5, 5.41) is 4.35. The first-order chi connectivity index (χ1) is 11.0. The van der Waals surface area contributed by atoms with E-state index in [1.165, 1.54) is 0 Å². The molecule has 5 nitrogen and oxygen atoms in total. The summed E-state index contributed by atoms with van der Waals surface area (Å²) < 4.78 is 7.40. The van der Waals surface area contributed by atoms with Gasteiger partial charge in [0.05, 0.1) is 11.9 Å². The fourth-order valence-electron chi connectivity index (χ4n) is 2.23. The minimum Gasteiger partial charge on any atom is -0.368 e. The maximum Gasteiger partial charge on any atom is 0.251 e. The molecule has 5 heteroatoms. The second-order valence-corrected chi connectivity index (χ2v) is 6.19. The molecule has 1 aromatic carbocycles. The van der Waals surface area contributed by atoms with Crippen LogP contribution in [0.15, 0.2) is 42.7 Å². The summed E-state index contributed by atoms with van der Waals surface area (Å²) in [6.07, 6.45) is 3.31. The van der Waals surface area contributed by atoms with E-state index in [-0.39, 0.29) is 5.91 Å². The molecule has 2 aromatic rings. The number of carbonyl (C=O) groups is 1. The zero-order valence-corrected chi connectivity index (χ0v) is 14.3. The first kappa shape index (κ1) is 17.2. The molecule has 0 aliphatic carbocycles. The highest BCUT2D eigenvalue weighted by Crippen LogP contribution is 2.10. The van der Waals surface area contributed by atoms with E-state index in [0.717, 1.165) is 11.3 Å². The van der Waals surface area contributed by atoms with Crippen LogP contribution in [0, 0.1) is 5.92 Å². The number of rotatable bonds is 7. The van der Waals surface area contributed by atoms with Gasteiger partial charge in [-0.05, 0) is 25.0 Å². The van der Waals surface area contributed by atoms with Gasteiger partial charge in [-0.15, -0.1) is 0 Å². The Morgan fingerprint density at radius 1 is 1.26 bits per heavy atom.